The molecule has 0 saturated heterocycles. The lowest BCUT2D eigenvalue weighted by atomic mass is 10.2. The van der Waals surface area contributed by atoms with Gasteiger partial charge in [-0.1, -0.05) is 41.6 Å². The molecule has 0 radical (unpaired) electrons. The first-order valence-electron chi connectivity index (χ1n) is 9.07. The largest absolute Gasteiger partial charge is 0.358 e. The predicted molar refractivity (Wildman–Crippen MR) is 115 cm³/mol. The molecule has 2 aromatic carbocycles. The van der Waals surface area contributed by atoms with E-state index in [0.29, 0.717) is 21.7 Å². The zero-order valence-corrected chi connectivity index (χ0v) is 17.3. The maximum atomic E-state index is 13.2. The molecule has 1 heterocycles. The minimum absolute atomic E-state index is 0.0220. The van der Waals surface area contributed by atoms with Gasteiger partial charge in [0.1, 0.15) is 0 Å². The standard InChI is InChI=1S/C21H22N4O3S/c1-14-8-10-15(11-9-14)25-20(28)16-6-4-5-7-17(16)23-21(25)29-13-19(27)24(3)12-18(26)22-2/h4-11H,12-13H2,1-3H3,(H,22,26). The van der Waals surface area contributed by atoms with E-state index < -0.39 is 0 Å². The summed E-state index contributed by atoms with van der Waals surface area (Å²) in [5.74, 6) is -0.410. The average molecular weight is 410 g/mol. The Balaban J connectivity index is 1.97. The SMILES string of the molecule is CNC(=O)CN(C)C(=O)CSc1nc2ccccc2c(=O)n1-c1ccc(C)cc1. The van der Waals surface area contributed by atoms with Gasteiger partial charge in [0.05, 0.1) is 28.9 Å². The summed E-state index contributed by atoms with van der Waals surface area (Å²) in [5, 5.41) is 3.43. The van der Waals surface area contributed by atoms with Crippen LogP contribution in [0, 0.1) is 6.92 Å². The number of benzene rings is 2. The van der Waals surface area contributed by atoms with Crippen molar-refractivity contribution in [1.82, 2.24) is 19.8 Å². The minimum atomic E-state index is -0.244. The van der Waals surface area contributed by atoms with Crippen molar-refractivity contribution in [3.63, 3.8) is 0 Å². The van der Waals surface area contributed by atoms with Crippen LogP contribution in [0.15, 0.2) is 58.5 Å². The highest BCUT2D eigenvalue weighted by molar-refractivity contribution is 7.99. The molecule has 29 heavy (non-hydrogen) atoms. The van der Waals surface area contributed by atoms with Gasteiger partial charge in [0, 0.05) is 14.1 Å². The molecule has 0 unspecified atom stereocenters. The molecule has 0 spiro atoms. The zero-order chi connectivity index (χ0) is 21.0. The van der Waals surface area contributed by atoms with Gasteiger partial charge in [-0.05, 0) is 31.2 Å². The van der Waals surface area contributed by atoms with Crippen LogP contribution in [0.2, 0.25) is 0 Å². The minimum Gasteiger partial charge on any atom is -0.358 e. The van der Waals surface area contributed by atoms with E-state index in [9.17, 15) is 14.4 Å². The first-order valence-corrected chi connectivity index (χ1v) is 10.1. The van der Waals surface area contributed by atoms with Gasteiger partial charge in [-0.2, -0.15) is 0 Å². The average Bonchev–Trinajstić information content (AvgIpc) is 2.73. The fraction of sp³-hybridized carbons (Fsp3) is 0.238. The van der Waals surface area contributed by atoms with Crippen LogP contribution in [0.1, 0.15) is 5.56 Å². The van der Waals surface area contributed by atoms with E-state index in [4.69, 9.17) is 0 Å². The van der Waals surface area contributed by atoms with Crippen molar-refractivity contribution in [2.75, 3.05) is 26.4 Å². The monoisotopic (exact) mass is 410 g/mol. The topological polar surface area (TPSA) is 84.3 Å². The maximum Gasteiger partial charge on any atom is 0.266 e. The maximum absolute atomic E-state index is 13.2. The Labute approximate surface area is 172 Å². The Bertz CT molecular complexity index is 1110. The van der Waals surface area contributed by atoms with Crippen molar-refractivity contribution < 1.29 is 9.59 Å². The number of nitrogens with zero attached hydrogens (tertiary/aromatic N) is 3. The predicted octanol–water partition coefficient (Wildman–Crippen LogP) is 1.99. The lowest BCUT2D eigenvalue weighted by molar-refractivity contribution is -0.132. The molecule has 0 aliphatic heterocycles. The normalized spacial score (nSPS) is 10.7. The number of rotatable bonds is 6. The lowest BCUT2D eigenvalue weighted by Crippen LogP contribution is -2.37. The molecular weight excluding hydrogens is 388 g/mol. The third kappa shape index (κ3) is 4.65. The highest BCUT2D eigenvalue weighted by Crippen LogP contribution is 2.22. The molecule has 1 aromatic heterocycles. The number of carbonyl (C=O) groups is 2. The number of aryl methyl sites for hydroxylation is 1. The number of amides is 2. The Morgan fingerprint density at radius 2 is 1.83 bits per heavy atom. The van der Waals surface area contributed by atoms with Crippen LogP contribution in [0.3, 0.4) is 0 Å². The van der Waals surface area contributed by atoms with Gasteiger partial charge in [-0.3, -0.25) is 19.0 Å². The van der Waals surface area contributed by atoms with Crippen molar-refractivity contribution in [3.8, 4) is 5.69 Å². The van der Waals surface area contributed by atoms with E-state index in [2.05, 4.69) is 10.3 Å². The number of nitrogens with one attached hydrogen (secondary N) is 1. The smallest absolute Gasteiger partial charge is 0.266 e. The van der Waals surface area contributed by atoms with Crippen molar-refractivity contribution >= 4 is 34.5 Å². The molecule has 3 aromatic rings. The third-order valence-electron chi connectivity index (χ3n) is 4.45. The Kier molecular flexibility index (Phi) is 6.33. The van der Waals surface area contributed by atoms with Crippen LogP contribution in [-0.2, 0) is 9.59 Å². The number of para-hydroxylation sites is 1. The molecule has 0 aliphatic rings. The van der Waals surface area contributed by atoms with Crippen LogP contribution in [-0.4, -0.2) is 52.7 Å². The third-order valence-corrected chi connectivity index (χ3v) is 5.37. The van der Waals surface area contributed by atoms with E-state index >= 15 is 0 Å². The fourth-order valence-corrected chi connectivity index (χ4v) is 3.70. The summed E-state index contributed by atoms with van der Waals surface area (Å²) in [6.45, 7) is 1.95. The van der Waals surface area contributed by atoms with Gasteiger partial charge in [0.15, 0.2) is 5.16 Å². The summed E-state index contributed by atoms with van der Waals surface area (Å²) in [7, 11) is 3.09. The molecular formula is C21H22N4O3S. The van der Waals surface area contributed by atoms with Gasteiger partial charge in [-0.25, -0.2) is 4.98 Å². The summed E-state index contributed by atoms with van der Waals surface area (Å²) < 4.78 is 1.53. The van der Waals surface area contributed by atoms with Crippen LogP contribution < -0.4 is 10.9 Å². The molecule has 2 amide bonds. The number of thioether (sulfide) groups is 1. The van der Waals surface area contributed by atoms with Crippen LogP contribution in [0.4, 0.5) is 0 Å². The van der Waals surface area contributed by atoms with Crippen LogP contribution in [0.25, 0.3) is 16.6 Å². The van der Waals surface area contributed by atoms with Crippen molar-refractivity contribution in [2.45, 2.75) is 12.1 Å². The van der Waals surface area contributed by atoms with E-state index in [0.717, 1.165) is 5.56 Å². The molecule has 1 N–H and O–H groups in total. The van der Waals surface area contributed by atoms with Gasteiger partial charge in [0.25, 0.3) is 5.56 Å². The molecule has 150 valence electrons. The quantitative estimate of drug-likeness (QED) is 0.496. The first kappa shape index (κ1) is 20.6. The molecule has 0 saturated carbocycles. The Morgan fingerprint density at radius 3 is 2.52 bits per heavy atom. The van der Waals surface area contributed by atoms with E-state index in [1.165, 1.54) is 28.3 Å². The summed E-state index contributed by atoms with van der Waals surface area (Å²) >= 11 is 1.18. The zero-order valence-electron chi connectivity index (χ0n) is 16.5. The molecule has 0 fully saturated rings. The van der Waals surface area contributed by atoms with E-state index in [1.54, 1.807) is 25.2 Å². The van der Waals surface area contributed by atoms with Gasteiger partial charge in [-0.15, -0.1) is 0 Å². The molecule has 8 heteroatoms. The number of aromatic nitrogens is 2. The Morgan fingerprint density at radius 1 is 1.14 bits per heavy atom. The van der Waals surface area contributed by atoms with Gasteiger partial charge >= 0.3 is 0 Å². The van der Waals surface area contributed by atoms with E-state index in [1.807, 2.05) is 37.3 Å². The van der Waals surface area contributed by atoms with Crippen molar-refractivity contribution in [2.24, 2.45) is 0 Å². The first-order chi connectivity index (χ1) is 13.9. The summed E-state index contributed by atoms with van der Waals surface area (Å²) in [6, 6.07) is 14.7. The summed E-state index contributed by atoms with van der Waals surface area (Å²) in [4.78, 5) is 43.0. The Hall–Kier alpha value is -3.13. The second kappa shape index (κ2) is 8.91. The molecule has 7 nitrogen and oxygen atoms in total. The number of carbonyl (C=O) groups excluding carboxylic acids is 2. The number of likely N-dealkylation sites (N-methyl/N-ethyl adjacent to an activating group) is 2. The molecule has 0 bridgehead atoms. The van der Waals surface area contributed by atoms with Crippen molar-refractivity contribution in [3.05, 3.63) is 64.4 Å². The summed E-state index contributed by atoms with van der Waals surface area (Å²) in [5.41, 5.74) is 2.16. The highest BCUT2D eigenvalue weighted by atomic mass is 32.2. The van der Waals surface area contributed by atoms with Crippen molar-refractivity contribution in [1.29, 1.82) is 0 Å². The number of hydrogen-bond donors (Lipinski definition) is 1. The van der Waals surface area contributed by atoms with Gasteiger partial charge < -0.3 is 10.2 Å². The lowest BCUT2D eigenvalue weighted by Gasteiger charge is -2.17. The van der Waals surface area contributed by atoms with E-state index in [-0.39, 0.29) is 29.7 Å². The van der Waals surface area contributed by atoms with Crippen LogP contribution >= 0.6 is 11.8 Å². The fourth-order valence-electron chi connectivity index (χ4n) is 2.75. The van der Waals surface area contributed by atoms with Crippen LogP contribution in [0.5, 0.6) is 0 Å². The molecule has 3 rings (SSSR count). The second-order valence-electron chi connectivity index (χ2n) is 6.60. The second-order valence-corrected chi connectivity index (χ2v) is 7.54. The number of hydrogen-bond acceptors (Lipinski definition) is 5. The molecule has 0 atom stereocenters. The number of fused-ring (bicyclic) bond motifs is 1. The highest BCUT2D eigenvalue weighted by Gasteiger charge is 2.17. The molecule has 0 aliphatic carbocycles. The summed E-state index contributed by atoms with van der Waals surface area (Å²) in [6.07, 6.45) is 0. The van der Waals surface area contributed by atoms with Gasteiger partial charge in [0.2, 0.25) is 11.8 Å².